The Labute approximate surface area is 181 Å². The molecule has 1 aliphatic rings. The first-order valence-electron chi connectivity index (χ1n) is 9.65. The number of anilines is 1. The van der Waals surface area contributed by atoms with Gasteiger partial charge in [0.25, 0.3) is 10.0 Å². The predicted octanol–water partition coefficient (Wildman–Crippen LogP) is 1.71. The maximum absolute atomic E-state index is 13.0. The Balaban J connectivity index is 1.56. The van der Waals surface area contributed by atoms with Gasteiger partial charge in [0, 0.05) is 24.8 Å². The normalized spacial score (nSPS) is 17.8. The monoisotopic (exact) mass is 469 g/mol. The van der Waals surface area contributed by atoms with Crippen molar-refractivity contribution in [3.63, 3.8) is 0 Å². The van der Waals surface area contributed by atoms with Crippen LogP contribution in [0.15, 0.2) is 53.4 Å². The summed E-state index contributed by atoms with van der Waals surface area (Å²) in [6.45, 7) is 0.717. The van der Waals surface area contributed by atoms with Gasteiger partial charge in [-0.2, -0.15) is 0 Å². The van der Waals surface area contributed by atoms with Gasteiger partial charge >= 0.3 is 0 Å². The summed E-state index contributed by atoms with van der Waals surface area (Å²) in [5.74, 6) is -0.765. The molecule has 0 aliphatic carbocycles. The van der Waals surface area contributed by atoms with Crippen LogP contribution < -0.4 is 10.0 Å². The van der Waals surface area contributed by atoms with E-state index in [0.29, 0.717) is 30.6 Å². The fraction of sp³-hybridized carbons (Fsp3) is 0.350. The predicted molar refractivity (Wildman–Crippen MR) is 115 cm³/mol. The maximum Gasteiger partial charge on any atom is 0.261 e. The lowest BCUT2D eigenvalue weighted by molar-refractivity contribution is -0.121. The zero-order valence-corrected chi connectivity index (χ0v) is 18.5. The number of amides is 1. The Kier molecular flexibility index (Phi) is 6.97. The number of nitrogens with one attached hydrogen (secondary N) is 2. The zero-order chi connectivity index (χ0) is 22.6. The van der Waals surface area contributed by atoms with Crippen molar-refractivity contribution >= 4 is 31.6 Å². The van der Waals surface area contributed by atoms with Crippen LogP contribution in [0.25, 0.3) is 0 Å². The molecule has 0 bridgehead atoms. The first-order chi connectivity index (χ1) is 14.5. The van der Waals surface area contributed by atoms with E-state index < -0.39 is 25.9 Å². The van der Waals surface area contributed by atoms with E-state index in [4.69, 9.17) is 0 Å². The van der Waals surface area contributed by atoms with Crippen molar-refractivity contribution in [1.82, 2.24) is 9.62 Å². The number of rotatable bonds is 7. The third-order valence-electron chi connectivity index (χ3n) is 4.91. The molecule has 3 rings (SSSR count). The van der Waals surface area contributed by atoms with E-state index in [0.717, 1.165) is 18.4 Å². The summed E-state index contributed by atoms with van der Waals surface area (Å²) in [5, 5.41) is 2.86. The van der Waals surface area contributed by atoms with Crippen LogP contribution in [0.2, 0.25) is 0 Å². The summed E-state index contributed by atoms with van der Waals surface area (Å²) in [7, 11) is -7.14. The van der Waals surface area contributed by atoms with Gasteiger partial charge in [0.2, 0.25) is 15.9 Å². The largest absolute Gasteiger partial charge is 0.352 e. The van der Waals surface area contributed by atoms with Crippen molar-refractivity contribution < 1.29 is 26.0 Å². The summed E-state index contributed by atoms with van der Waals surface area (Å²) in [6.07, 6.45) is 2.63. The highest BCUT2D eigenvalue weighted by molar-refractivity contribution is 7.92. The minimum absolute atomic E-state index is 0.0621. The van der Waals surface area contributed by atoms with E-state index in [9.17, 15) is 26.0 Å². The van der Waals surface area contributed by atoms with Crippen LogP contribution >= 0.6 is 0 Å². The summed E-state index contributed by atoms with van der Waals surface area (Å²) in [4.78, 5) is 12.3. The van der Waals surface area contributed by atoms with Crippen LogP contribution in [0.3, 0.4) is 0 Å². The van der Waals surface area contributed by atoms with Crippen LogP contribution in [0.5, 0.6) is 0 Å². The van der Waals surface area contributed by atoms with Crippen molar-refractivity contribution in [3.05, 3.63) is 59.9 Å². The van der Waals surface area contributed by atoms with Crippen LogP contribution in [-0.4, -0.2) is 52.4 Å². The van der Waals surface area contributed by atoms with Crippen LogP contribution in [0.4, 0.5) is 10.1 Å². The van der Waals surface area contributed by atoms with Gasteiger partial charge in [0.1, 0.15) is 5.82 Å². The molecule has 0 aromatic heterocycles. The van der Waals surface area contributed by atoms with E-state index in [1.54, 1.807) is 12.1 Å². The van der Waals surface area contributed by atoms with Crippen molar-refractivity contribution in [2.24, 2.45) is 0 Å². The van der Waals surface area contributed by atoms with Crippen molar-refractivity contribution in [2.45, 2.75) is 30.2 Å². The first-order valence-corrected chi connectivity index (χ1v) is 13.0. The van der Waals surface area contributed by atoms with Gasteiger partial charge in [-0.15, -0.1) is 0 Å². The lowest BCUT2D eigenvalue weighted by Gasteiger charge is -2.31. The number of sulfonamides is 2. The SMILES string of the molecule is CS(=O)(=O)N1CCCC(NC(=O)Cc2ccc(NS(=O)(=O)c3ccc(F)cc3)cc2)C1. The highest BCUT2D eigenvalue weighted by atomic mass is 32.2. The molecular weight excluding hydrogens is 445 g/mol. The molecule has 1 fully saturated rings. The number of carbonyl (C=O) groups is 1. The van der Waals surface area contributed by atoms with E-state index in [-0.39, 0.29) is 29.8 Å². The van der Waals surface area contributed by atoms with E-state index in [1.165, 1.54) is 28.6 Å². The molecule has 2 aromatic rings. The van der Waals surface area contributed by atoms with Crippen LogP contribution in [0, 0.1) is 5.82 Å². The average Bonchev–Trinajstić information content (AvgIpc) is 2.69. The Morgan fingerprint density at radius 2 is 1.71 bits per heavy atom. The molecule has 2 aromatic carbocycles. The summed E-state index contributed by atoms with van der Waals surface area (Å²) < 4.78 is 64.8. The number of piperidine rings is 1. The fourth-order valence-electron chi connectivity index (χ4n) is 3.34. The molecular formula is C20H24FN3O5S2. The molecule has 31 heavy (non-hydrogen) atoms. The second-order valence-electron chi connectivity index (χ2n) is 7.46. The Bertz CT molecular complexity index is 1130. The lowest BCUT2D eigenvalue weighted by atomic mass is 10.1. The first kappa shape index (κ1) is 23.2. The van der Waals surface area contributed by atoms with Gasteiger partial charge in [-0.1, -0.05) is 12.1 Å². The third kappa shape index (κ3) is 6.49. The molecule has 1 atom stereocenters. The molecule has 11 heteroatoms. The van der Waals surface area contributed by atoms with E-state index in [1.807, 2.05) is 0 Å². The Hall–Kier alpha value is -2.50. The summed E-state index contributed by atoms with van der Waals surface area (Å²) in [6, 6.07) is 10.6. The van der Waals surface area contributed by atoms with Crippen molar-refractivity contribution in [3.8, 4) is 0 Å². The molecule has 1 aliphatic heterocycles. The second kappa shape index (κ2) is 9.33. The molecule has 168 valence electrons. The fourth-order valence-corrected chi connectivity index (χ4v) is 5.31. The number of halogens is 1. The molecule has 1 saturated heterocycles. The summed E-state index contributed by atoms with van der Waals surface area (Å²) >= 11 is 0. The third-order valence-corrected chi connectivity index (χ3v) is 7.58. The molecule has 2 N–H and O–H groups in total. The standard InChI is InChI=1S/C20H24FN3O5S2/c1-30(26,27)24-12-2-3-18(14-24)22-20(25)13-15-4-8-17(9-5-15)23-31(28,29)19-10-6-16(21)7-11-19/h4-11,18,23H,2-3,12-14H2,1H3,(H,22,25). The van der Waals surface area contributed by atoms with Crippen molar-refractivity contribution in [1.29, 1.82) is 0 Å². The van der Waals surface area contributed by atoms with Crippen LogP contribution in [-0.2, 0) is 31.3 Å². The smallest absolute Gasteiger partial charge is 0.261 e. The number of nitrogens with zero attached hydrogens (tertiary/aromatic N) is 1. The van der Waals surface area contributed by atoms with E-state index in [2.05, 4.69) is 10.0 Å². The van der Waals surface area contributed by atoms with Gasteiger partial charge in [-0.3, -0.25) is 9.52 Å². The quantitative estimate of drug-likeness (QED) is 0.641. The van der Waals surface area contributed by atoms with Gasteiger partial charge in [-0.25, -0.2) is 25.5 Å². The highest BCUT2D eigenvalue weighted by Gasteiger charge is 2.26. The zero-order valence-electron chi connectivity index (χ0n) is 16.9. The highest BCUT2D eigenvalue weighted by Crippen LogP contribution is 2.18. The maximum atomic E-state index is 13.0. The van der Waals surface area contributed by atoms with Crippen LogP contribution in [0.1, 0.15) is 18.4 Å². The lowest BCUT2D eigenvalue weighted by Crippen LogP contribution is -2.49. The van der Waals surface area contributed by atoms with Crippen molar-refractivity contribution in [2.75, 3.05) is 24.1 Å². The molecule has 0 radical (unpaired) electrons. The second-order valence-corrected chi connectivity index (χ2v) is 11.1. The Morgan fingerprint density at radius 1 is 1.06 bits per heavy atom. The van der Waals surface area contributed by atoms with Gasteiger partial charge < -0.3 is 5.32 Å². The molecule has 1 heterocycles. The number of hydrogen-bond donors (Lipinski definition) is 2. The van der Waals surface area contributed by atoms with Gasteiger partial charge in [-0.05, 0) is 54.8 Å². The van der Waals surface area contributed by atoms with Gasteiger partial charge in [0.05, 0.1) is 17.6 Å². The topological polar surface area (TPSA) is 113 Å². The molecule has 0 saturated carbocycles. The average molecular weight is 470 g/mol. The number of benzene rings is 2. The number of carbonyl (C=O) groups excluding carboxylic acids is 1. The molecule has 1 unspecified atom stereocenters. The molecule has 1 amide bonds. The Morgan fingerprint density at radius 3 is 2.32 bits per heavy atom. The number of hydrogen-bond acceptors (Lipinski definition) is 5. The summed E-state index contributed by atoms with van der Waals surface area (Å²) in [5.41, 5.74) is 0.988. The van der Waals surface area contributed by atoms with E-state index >= 15 is 0 Å². The molecule has 0 spiro atoms. The van der Waals surface area contributed by atoms with Gasteiger partial charge in [0.15, 0.2) is 0 Å². The minimum atomic E-state index is -3.85. The minimum Gasteiger partial charge on any atom is -0.352 e. The molecule has 8 nitrogen and oxygen atoms in total.